The number of aliphatic hydroxyl groups excluding tert-OH is 1. The minimum Gasteiger partial charge on any atom is -0.368 e. The third-order valence-electron chi connectivity index (χ3n) is 2.89. The molecule has 0 aromatic heterocycles. The molecule has 0 aromatic rings. The second-order valence-corrected chi connectivity index (χ2v) is 4.50. The maximum absolute atomic E-state index is 9.71. The van der Waals surface area contributed by atoms with Gasteiger partial charge in [-0.15, -0.1) is 0 Å². The third kappa shape index (κ3) is 6.88. The molecule has 0 aliphatic carbocycles. The van der Waals surface area contributed by atoms with Crippen LogP contribution < -0.4 is 0 Å². The van der Waals surface area contributed by atoms with Crippen LogP contribution in [0.15, 0.2) is 0 Å². The minimum absolute atomic E-state index is 0.220. The quantitative estimate of drug-likeness (QED) is 0.633. The molecule has 3 nitrogen and oxygen atoms in total. The summed E-state index contributed by atoms with van der Waals surface area (Å²) in [4.78, 5) is 2.28. The maximum atomic E-state index is 9.71. The summed E-state index contributed by atoms with van der Waals surface area (Å²) >= 11 is 0. The lowest BCUT2D eigenvalue weighted by molar-refractivity contribution is -0.177. The van der Waals surface area contributed by atoms with Gasteiger partial charge in [0, 0.05) is 13.0 Å². The van der Waals surface area contributed by atoms with Crippen molar-refractivity contribution in [1.29, 1.82) is 0 Å². The predicted octanol–water partition coefficient (Wildman–Crippen LogP) is 2.24. The molecule has 1 atom stereocenters. The monoisotopic (exact) mass is 217 g/mol. The van der Waals surface area contributed by atoms with Crippen molar-refractivity contribution >= 4 is 0 Å². The Morgan fingerprint density at radius 3 is 2.13 bits per heavy atom. The van der Waals surface area contributed by atoms with E-state index < -0.39 is 6.29 Å². The van der Waals surface area contributed by atoms with Gasteiger partial charge < -0.3 is 14.7 Å². The van der Waals surface area contributed by atoms with E-state index in [9.17, 15) is 5.11 Å². The zero-order chi connectivity index (χ0) is 11.9. The summed E-state index contributed by atoms with van der Waals surface area (Å²) < 4.78 is 5.56. The van der Waals surface area contributed by atoms with Crippen LogP contribution in [0.2, 0.25) is 0 Å². The lowest BCUT2D eigenvalue weighted by Gasteiger charge is -2.28. The summed E-state index contributed by atoms with van der Waals surface area (Å²) in [6.07, 6.45) is 0.959. The van der Waals surface area contributed by atoms with Gasteiger partial charge in [-0.2, -0.15) is 0 Å². The van der Waals surface area contributed by atoms with Gasteiger partial charge in [-0.1, -0.05) is 20.8 Å². The first kappa shape index (κ1) is 14.9. The highest BCUT2D eigenvalue weighted by Gasteiger charge is 2.20. The number of nitrogens with zero attached hydrogens (tertiary/aromatic N) is 1. The molecule has 0 saturated carbocycles. The number of hydrogen-bond donors (Lipinski definition) is 1. The van der Waals surface area contributed by atoms with Crippen LogP contribution in [-0.4, -0.2) is 41.5 Å². The molecule has 0 fully saturated rings. The largest absolute Gasteiger partial charge is 0.368 e. The van der Waals surface area contributed by atoms with E-state index in [4.69, 9.17) is 4.74 Å². The fourth-order valence-corrected chi connectivity index (χ4v) is 1.34. The maximum Gasteiger partial charge on any atom is 0.156 e. The third-order valence-corrected chi connectivity index (χ3v) is 2.89. The van der Waals surface area contributed by atoms with Crippen molar-refractivity contribution in [2.75, 3.05) is 19.6 Å². The second-order valence-electron chi connectivity index (χ2n) is 4.50. The Kier molecular flexibility index (Phi) is 7.14. The first-order chi connectivity index (χ1) is 6.95. The molecule has 0 spiro atoms. The lowest BCUT2D eigenvalue weighted by atomic mass is 10.1. The highest BCUT2D eigenvalue weighted by atomic mass is 16.6. The van der Waals surface area contributed by atoms with E-state index in [0.717, 1.165) is 26.1 Å². The van der Waals surface area contributed by atoms with Crippen molar-refractivity contribution in [2.24, 2.45) is 0 Å². The summed E-state index contributed by atoms with van der Waals surface area (Å²) in [6, 6.07) is 0. The number of rotatable bonds is 8. The molecule has 0 aromatic carbocycles. The number of ether oxygens (including phenoxy) is 1. The highest BCUT2D eigenvalue weighted by Crippen LogP contribution is 2.16. The van der Waals surface area contributed by atoms with Gasteiger partial charge in [0.2, 0.25) is 0 Å². The molecule has 0 aliphatic heterocycles. The van der Waals surface area contributed by atoms with Gasteiger partial charge >= 0.3 is 0 Å². The molecule has 3 heteroatoms. The Morgan fingerprint density at radius 2 is 1.73 bits per heavy atom. The minimum atomic E-state index is -0.638. The molecule has 0 bridgehead atoms. The molecule has 15 heavy (non-hydrogen) atoms. The van der Waals surface area contributed by atoms with Gasteiger partial charge in [0.15, 0.2) is 6.29 Å². The van der Waals surface area contributed by atoms with Gasteiger partial charge in [0.1, 0.15) is 0 Å². The zero-order valence-electron chi connectivity index (χ0n) is 10.9. The highest BCUT2D eigenvalue weighted by molar-refractivity contribution is 4.66. The second kappa shape index (κ2) is 7.20. The lowest BCUT2D eigenvalue weighted by Crippen LogP contribution is -2.33. The molecule has 0 aliphatic rings. The Labute approximate surface area is 94.4 Å². The van der Waals surface area contributed by atoms with Crippen LogP contribution in [0.5, 0.6) is 0 Å². The molecule has 1 unspecified atom stereocenters. The van der Waals surface area contributed by atoms with Crippen molar-refractivity contribution in [3.8, 4) is 0 Å². The van der Waals surface area contributed by atoms with E-state index in [-0.39, 0.29) is 5.60 Å². The first-order valence-corrected chi connectivity index (χ1v) is 6.03. The van der Waals surface area contributed by atoms with Crippen molar-refractivity contribution in [3.05, 3.63) is 0 Å². The molecule has 0 heterocycles. The Morgan fingerprint density at radius 1 is 1.20 bits per heavy atom. The summed E-state index contributed by atoms with van der Waals surface area (Å²) in [5.74, 6) is 0. The van der Waals surface area contributed by atoms with Crippen LogP contribution in [0.3, 0.4) is 0 Å². The standard InChI is InChI=1S/C12H27NO2/c1-6-12(4,5)15-11(14)9-10-13(7-2)8-3/h11,14H,6-10H2,1-5H3. The van der Waals surface area contributed by atoms with Crippen LogP contribution in [0.1, 0.15) is 47.5 Å². The molecular formula is C12H27NO2. The van der Waals surface area contributed by atoms with Crippen LogP contribution in [0, 0.1) is 0 Å². The molecule has 1 N–H and O–H groups in total. The van der Waals surface area contributed by atoms with Crippen LogP contribution in [0.25, 0.3) is 0 Å². The molecule has 0 radical (unpaired) electrons. The number of hydrogen-bond acceptors (Lipinski definition) is 3. The first-order valence-electron chi connectivity index (χ1n) is 6.03. The van der Waals surface area contributed by atoms with E-state index in [1.165, 1.54) is 0 Å². The smallest absolute Gasteiger partial charge is 0.156 e. The van der Waals surface area contributed by atoms with E-state index in [0.29, 0.717) is 6.42 Å². The predicted molar refractivity (Wildman–Crippen MR) is 63.9 cm³/mol. The molecule has 92 valence electrons. The Balaban J connectivity index is 3.78. The normalized spacial score (nSPS) is 14.6. The van der Waals surface area contributed by atoms with E-state index in [1.807, 2.05) is 13.8 Å². The fraction of sp³-hybridized carbons (Fsp3) is 1.00. The van der Waals surface area contributed by atoms with Gasteiger partial charge in [0.05, 0.1) is 5.60 Å². The van der Waals surface area contributed by atoms with Gasteiger partial charge in [-0.05, 0) is 33.4 Å². The van der Waals surface area contributed by atoms with Crippen molar-refractivity contribution in [2.45, 2.75) is 59.4 Å². The molecular weight excluding hydrogens is 190 g/mol. The average molecular weight is 217 g/mol. The molecule has 0 rings (SSSR count). The summed E-state index contributed by atoms with van der Waals surface area (Å²) in [7, 11) is 0. The van der Waals surface area contributed by atoms with Crippen LogP contribution >= 0.6 is 0 Å². The van der Waals surface area contributed by atoms with Gasteiger partial charge in [-0.25, -0.2) is 0 Å². The topological polar surface area (TPSA) is 32.7 Å². The SMILES string of the molecule is CCN(CC)CCC(O)OC(C)(C)CC. The van der Waals surface area contributed by atoms with Gasteiger partial charge in [-0.3, -0.25) is 0 Å². The van der Waals surface area contributed by atoms with Crippen molar-refractivity contribution in [1.82, 2.24) is 4.90 Å². The van der Waals surface area contributed by atoms with Crippen LogP contribution in [-0.2, 0) is 4.74 Å². The Hall–Kier alpha value is -0.120. The molecule has 0 saturated heterocycles. The Bertz CT molecular complexity index is 156. The summed E-state index contributed by atoms with van der Waals surface area (Å²) in [5.41, 5.74) is -0.220. The zero-order valence-corrected chi connectivity index (χ0v) is 10.9. The number of aliphatic hydroxyl groups is 1. The average Bonchev–Trinajstić information content (AvgIpc) is 2.19. The fourth-order valence-electron chi connectivity index (χ4n) is 1.34. The van der Waals surface area contributed by atoms with E-state index >= 15 is 0 Å². The summed E-state index contributed by atoms with van der Waals surface area (Å²) in [6.45, 7) is 13.3. The molecule has 0 amide bonds. The summed E-state index contributed by atoms with van der Waals surface area (Å²) in [5, 5.41) is 9.71. The van der Waals surface area contributed by atoms with Crippen LogP contribution in [0.4, 0.5) is 0 Å². The van der Waals surface area contributed by atoms with Crippen molar-refractivity contribution < 1.29 is 9.84 Å². The van der Waals surface area contributed by atoms with Gasteiger partial charge in [0.25, 0.3) is 0 Å². The van der Waals surface area contributed by atoms with E-state index in [2.05, 4.69) is 25.7 Å². The van der Waals surface area contributed by atoms with Crippen molar-refractivity contribution in [3.63, 3.8) is 0 Å². The van der Waals surface area contributed by atoms with E-state index in [1.54, 1.807) is 0 Å².